The van der Waals surface area contributed by atoms with Crippen LogP contribution in [0.1, 0.15) is 43.1 Å². The quantitative estimate of drug-likeness (QED) is 0.933. The van der Waals surface area contributed by atoms with E-state index in [-0.39, 0.29) is 18.1 Å². The first-order valence-electron chi connectivity index (χ1n) is 7.38. The number of carbonyl (C=O) groups is 1. The fourth-order valence-electron chi connectivity index (χ4n) is 2.56. The molecule has 1 atom stereocenters. The molecule has 1 saturated heterocycles. The van der Waals surface area contributed by atoms with Crippen LogP contribution in [0.5, 0.6) is 0 Å². The van der Waals surface area contributed by atoms with Gasteiger partial charge in [-0.1, -0.05) is 0 Å². The molecule has 1 aliphatic heterocycles. The van der Waals surface area contributed by atoms with Gasteiger partial charge in [0.2, 0.25) is 0 Å². The molecule has 1 fully saturated rings. The van der Waals surface area contributed by atoms with E-state index in [1.54, 1.807) is 12.4 Å². The van der Waals surface area contributed by atoms with E-state index in [4.69, 9.17) is 4.74 Å². The summed E-state index contributed by atoms with van der Waals surface area (Å²) in [7, 11) is 0. The zero-order valence-corrected chi connectivity index (χ0v) is 12.4. The van der Waals surface area contributed by atoms with Gasteiger partial charge in [-0.25, -0.2) is 9.67 Å². The molecule has 112 valence electrons. The molecule has 1 N–H and O–H groups in total. The van der Waals surface area contributed by atoms with E-state index in [1.807, 2.05) is 10.7 Å². The van der Waals surface area contributed by atoms with Crippen molar-refractivity contribution >= 4 is 16.9 Å². The minimum atomic E-state index is -0.114. The molecule has 0 bridgehead atoms. The summed E-state index contributed by atoms with van der Waals surface area (Å²) in [5.41, 5.74) is 1.37. The number of ether oxygens (including phenoxy) is 1. The Morgan fingerprint density at radius 3 is 3.10 bits per heavy atom. The van der Waals surface area contributed by atoms with Crippen LogP contribution in [0.2, 0.25) is 0 Å². The number of aromatic nitrogens is 3. The molecule has 21 heavy (non-hydrogen) atoms. The second-order valence-electron chi connectivity index (χ2n) is 5.66. The van der Waals surface area contributed by atoms with Crippen molar-refractivity contribution < 1.29 is 9.53 Å². The first-order chi connectivity index (χ1) is 10.1. The summed E-state index contributed by atoms with van der Waals surface area (Å²) in [6.07, 6.45) is 5.59. The molecule has 0 aromatic carbocycles. The van der Waals surface area contributed by atoms with Crippen LogP contribution in [0, 0.1) is 0 Å². The van der Waals surface area contributed by atoms with Gasteiger partial charge in [-0.15, -0.1) is 0 Å². The number of carbonyl (C=O) groups excluding carboxylic acids is 1. The van der Waals surface area contributed by atoms with Crippen LogP contribution in [0.3, 0.4) is 0 Å². The van der Waals surface area contributed by atoms with E-state index in [0.717, 1.165) is 30.5 Å². The largest absolute Gasteiger partial charge is 0.376 e. The standard InChI is InChI=1S/C15H20N4O2/c1-10(2)19-14-11(8-18-19)6-12(7-16-14)15(20)17-9-13-4-3-5-21-13/h6-8,10,13H,3-5,9H2,1-2H3,(H,17,20)/t13-/m0/s1. The van der Waals surface area contributed by atoms with Crippen molar-refractivity contribution in [1.82, 2.24) is 20.1 Å². The van der Waals surface area contributed by atoms with Crippen molar-refractivity contribution in [2.75, 3.05) is 13.2 Å². The molecule has 0 radical (unpaired) electrons. The molecule has 3 heterocycles. The van der Waals surface area contributed by atoms with Gasteiger partial charge in [-0.2, -0.15) is 5.10 Å². The van der Waals surface area contributed by atoms with E-state index >= 15 is 0 Å². The van der Waals surface area contributed by atoms with Crippen molar-refractivity contribution in [3.63, 3.8) is 0 Å². The summed E-state index contributed by atoms with van der Waals surface area (Å²) in [4.78, 5) is 16.5. The normalized spacial score (nSPS) is 18.5. The van der Waals surface area contributed by atoms with Gasteiger partial charge in [-0.3, -0.25) is 4.79 Å². The molecule has 1 aliphatic rings. The Hall–Kier alpha value is -1.95. The number of nitrogens with one attached hydrogen (secondary N) is 1. The highest BCUT2D eigenvalue weighted by atomic mass is 16.5. The molecule has 3 rings (SSSR count). The zero-order chi connectivity index (χ0) is 14.8. The average molecular weight is 288 g/mol. The van der Waals surface area contributed by atoms with Crippen LogP contribution in [0.15, 0.2) is 18.5 Å². The SMILES string of the molecule is CC(C)n1ncc2cc(C(=O)NC[C@@H]3CCCO3)cnc21. The van der Waals surface area contributed by atoms with E-state index in [2.05, 4.69) is 29.2 Å². The number of rotatable bonds is 4. The third kappa shape index (κ3) is 2.90. The smallest absolute Gasteiger partial charge is 0.252 e. The Kier molecular flexibility index (Phi) is 3.88. The lowest BCUT2D eigenvalue weighted by Gasteiger charge is -2.11. The molecule has 0 spiro atoms. The van der Waals surface area contributed by atoms with E-state index in [9.17, 15) is 4.79 Å². The van der Waals surface area contributed by atoms with Crippen LogP contribution in [-0.2, 0) is 4.74 Å². The van der Waals surface area contributed by atoms with Gasteiger partial charge in [-0.05, 0) is 32.8 Å². The van der Waals surface area contributed by atoms with Gasteiger partial charge >= 0.3 is 0 Å². The monoisotopic (exact) mass is 288 g/mol. The Balaban J connectivity index is 1.72. The highest BCUT2D eigenvalue weighted by Crippen LogP contribution is 2.17. The van der Waals surface area contributed by atoms with Crippen molar-refractivity contribution in [3.05, 3.63) is 24.0 Å². The van der Waals surface area contributed by atoms with Gasteiger partial charge < -0.3 is 10.1 Å². The van der Waals surface area contributed by atoms with Gasteiger partial charge in [0.1, 0.15) is 0 Å². The molecule has 6 nitrogen and oxygen atoms in total. The highest BCUT2D eigenvalue weighted by molar-refractivity contribution is 5.96. The molecular formula is C15H20N4O2. The second kappa shape index (κ2) is 5.81. The first kappa shape index (κ1) is 14.0. The molecule has 6 heteroatoms. The van der Waals surface area contributed by atoms with E-state index in [1.165, 1.54) is 0 Å². The molecule has 0 unspecified atom stereocenters. The fraction of sp³-hybridized carbons (Fsp3) is 0.533. The summed E-state index contributed by atoms with van der Waals surface area (Å²) >= 11 is 0. The van der Waals surface area contributed by atoms with Crippen molar-refractivity contribution in [3.8, 4) is 0 Å². The lowest BCUT2D eigenvalue weighted by atomic mass is 10.2. The lowest BCUT2D eigenvalue weighted by Crippen LogP contribution is -2.31. The molecule has 0 saturated carbocycles. The number of hydrogen-bond acceptors (Lipinski definition) is 4. The number of nitrogens with zero attached hydrogens (tertiary/aromatic N) is 3. The number of amides is 1. The topological polar surface area (TPSA) is 69.0 Å². The third-order valence-electron chi connectivity index (χ3n) is 3.70. The predicted molar refractivity (Wildman–Crippen MR) is 79.2 cm³/mol. The summed E-state index contributed by atoms with van der Waals surface area (Å²) in [6.45, 7) is 5.46. The maximum Gasteiger partial charge on any atom is 0.252 e. The molecule has 2 aromatic heterocycles. The van der Waals surface area contributed by atoms with Crippen molar-refractivity contribution in [2.24, 2.45) is 0 Å². The first-order valence-corrected chi connectivity index (χ1v) is 7.38. The average Bonchev–Trinajstić information content (AvgIpc) is 3.13. The molecule has 0 aliphatic carbocycles. The Morgan fingerprint density at radius 1 is 1.52 bits per heavy atom. The minimum absolute atomic E-state index is 0.114. The molecule has 1 amide bonds. The van der Waals surface area contributed by atoms with Crippen LogP contribution in [-0.4, -0.2) is 39.9 Å². The Bertz CT molecular complexity index is 644. The summed E-state index contributed by atoms with van der Waals surface area (Å²) < 4.78 is 7.35. The highest BCUT2D eigenvalue weighted by Gasteiger charge is 2.17. The summed E-state index contributed by atoms with van der Waals surface area (Å²) in [6, 6.07) is 2.08. The lowest BCUT2D eigenvalue weighted by molar-refractivity contribution is 0.0857. The maximum absolute atomic E-state index is 12.2. The maximum atomic E-state index is 12.2. The van der Waals surface area contributed by atoms with Gasteiger partial charge in [0.25, 0.3) is 5.91 Å². The summed E-state index contributed by atoms with van der Waals surface area (Å²) in [5.74, 6) is -0.114. The number of pyridine rings is 1. The molecule has 2 aromatic rings. The van der Waals surface area contributed by atoms with E-state index in [0.29, 0.717) is 12.1 Å². The Morgan fingerprint density at radius 2 is 2.38 bits per heavy atom. The minimum Gasteiger partial charge on any atom is -0.376 e. The predicted octanol–water partition coefficient (Wildman–Crippen LogP) is 1.92. The zero-order valence-electron chi connectivity index (χ0n) is 12.4. The molecular weight excluding hydrogens is 268 g/mol. The van der Waals surface area contributed by atoms with E-state index < -0.39 is 0 Å². The van der Waals surface area contributed by atoms with Crippen molar-refractivity contribution in [2.45, 2.75) is 38.8 Å². The Labute approximate surface area is 123 Å². The second-order valence-corrected chi connectivity index (χ2v) is 5.66. The summed E-state index contributed by atoms with van der Waals surface area (Å²) in [5, 5.41) is 8.09. The van der Waals surface area contributed by atoms with Gasteiger partial charge in [0.05, 0.1) is 17.9 Å². The van der Waals surface area contributed by atoms with Gasteiger partial charge in [0.15, 0.2) is 5.65 Å². The van der Waals surface area contributed by atoms with Crippen LogP contribution >= 0.6 is 0 Å². The number of fused-ring (bicyclic) bond motifs is 1. The van der Waals surface area contributed by atoms with Crippen LogP contribution in [0.4, 0.5) is 0 Å². The van der Waals surface area contributed by atoms with Gasteiger partial charge in [0, 0.05) is 30.8 Å². The number of hydrogen-bond donors (Lipinski definition) is 1. The van der Waals surface area contributed by atoms with Crippen LogP contribution in [0.25, 0.3) is 11.0 Å². The van der Waals surface area contributed by atoms with Crippen molar-refractivity contribution in [1.29, 1.82) is 0 Å². The fourth-order valence-corrected chi connectivity index (χ4v) is 2.56. The third-order valence-corrected chi connectivity index (χ3v) is 3.70. The van der Waals surface area contributed by atoms with Crippen LogP contribution < -0.4 is 5.32 Å².